The third kappa shape index (κ3) is 5.15. The van der Waals surface area contributed by atoms with Gasteiger partial charge in [-0.2, -0.15) is 0 Å². The van der Waals surface area contributed by atoms with Gasteiger partial charge in [-0.15, -0.1) is 23.7 Å². The van der Waals surface area contributed by atoms with Gasteiger partial charge in [0.1, 0.15) is 10.8 Å². The topological polar surface area (TPSA) is 51.3 Å². The molecule has 0 aliphatic heterocycles. The van der Waals surface area contributed by atoms with Crippen molar-refractivity contribution >= 4 is 29.6 Å². The quantitative estimate of drug-likeness (QED) is 0.517. The van der Waals surface area contributed by atoms with E-state index in [-0.39, 0.29) is 12.4 Å². The van der Waals surface area contributed by atoms with E-state index in [2.05, 4.69) is 48.5 Å². The number of thiazole rings is 1. The van der Waals surface area contributed by atoms with Crippen molar-refractivity contribution in [2.24, 2.45) is 10.7 Å². The summed E-state index contributed by atoms with van der Waals surface area (Å²) in [5, 5.41) is 3.16. The Kier molecular flexibility index (Phi) is 6.73. The Morgan fingerprint density at radius 1 is 1.00 bits per heavy atom. The van der Waals surface area contributed by atoms with Crippen LogP contribution in [0.15, 0.2) is 58.9 Å². The monoisotopic (exact) mass is 371 g/mol. The van der Waals surface area contributed by atoms with E-state index in [1.54, 1.807) is 11.3 Å². The maximum absolute atomic E-state index is 6.05. The minimum Gasteiger partial charge on any atom is -0.384 e. The Hall–Kier alpha value is -2.17. The summed E-state index contributed by atoms with van der Waals surface area (Å²) >= 11 is 1.67. The molecule has 2 N–H and O–H groups in total. The van der Waals surface area contributed by atoms with Crippen LogP contribution in [0.1, 0.15) is 22.4 Å². The highest BCUT2D eigenvalue weighted by molar-refractivity contribution is 7.13. The molecule has 0 unspecified atom stereocenters. The third-order valence-corrected chi connectivity index (χ3v) is 4.79. The number of nitrogens with zero attached hydrogens (tertiary/aromatic N) is 2. The predicted molar refractivity (Wildman–Crippen MR) is 110 cm³/mol. The molecule has 25 heavy (non-hydrogen) atoms. The zero-order valence-electron chi connectivity index (χ0n) is 14.4. The molecule has 2 aromatic carbocycles. The lowest BCUT2D eigenvalue weighted by Crippen LogP contribution is -2.14. The van der Waals surface area contributed by atoms with E-state index in [0.29, 0.717) is 12.4 Å². The van der Waals surface area contributed by atoms with Crippen molar-refractivity contribution in [1.82, 2.24) is 4.98 Å². The largest absolute Gasteiger partial charge is 0.384 e. The maximum atomic E-state index is 6.05. The Balaban J connectivity index is 0.00000225. The molecule has 0 amide bonds. The molecule has 0 saturated carbocycles. The number of benzene rings is 2. The summed E-state index contributed by atoms with van der Waals surface area (Å²) in [7, 11) is 0. The maximum Gasteiger partial charge on any atom is 0.125 e. The van der Waals surface area contributed by atoms with Gasteiger partial charge in [-0.05, 0) is 13.8 Å². The van der Waals surface area contributed by atoms with Crippen molar-refractivity contribution in [2.75, 3.05) is 6.54 Å². The van der Waals surface area contributed by atoms with Gasteiger partial charge in [-0.1, -0.05) is 59.7 Å². The average molecular weight is 372 g/mol. The summed E-state index contributed by atoms with van der Waals surface area (Å²) in [6.45, 7) is 4.80. The van der Waals surface area contributed by atoms with Crippen molar-refractivity contribution < 1.29 is 0 Å². The second-order valence-electron chi connectivity index (χ2n) is 5.89. The van der Waals surface area contributed by atoms with Crippen LogP contribution >= 0.6 is 23.7 Å². The van der Waals surface area contributed by atoms with E-state index in [9.17, 15) is 0 Å². The first-order chi connectivity index (χ1) is 11.6. The molecule has 0 spiro atoms. The number of aromatic nitrogens is 1. The van der Waals surface area contributed by atoms with Crippen molar-refractivity contribution in [1.29, 1.82) is 0 Å². The Morgan fingerprint density at radius 2 is 1.60 bits per heavy atom. The molecular formula is C20H22ClN3S. The van der Waals surface area contributed by atoms with Crippen LogP contribution in [0.3, 0.4) is 0 Å². The molecular weight excluding hydrogens is 350 g/mol. The number of aliphatic imine (C=N–C) groups is 1. The van der Waals surface area contributed by atoms with Crippen LogP contribution in [-0.4, -0.2) is 17.4 Å². The van der Waals surface area contributed by atoms with Crippen LogP contribution in [0.25, 0.3) is 10.6 Å². The van der Waals surface area contributed by atoms with Crippen molar-refractivity contribution in [2.45, 2.75) is 20.3 Å². The molecule has 3 aromatic rings. The summed E-state index contributed by atoms with van der Waals surface area (Å²) in [4.78, 5) is 9.17. The molecule has 0 radical (unpaired) electrons. The fourth-order valence-corrected chi connectivity index (χ4v) is 3.22. The number of nitrogens with two attached hydrogens (primary N) is 1. The van der Waals surface area contributed by atoms with Crippen molar-refractivity contribution in [3.63, 3.8) is 0 Å². The normalized spacial score (nSPS) is 11.2. The molecule has 130 valence electrons. The molecule has 0 aliphatic rings. The van der Waals surface area contributed by atoms with Crippen LogP contribution in [0.5, 0.6) is 0 Å². The van der Waals surface area contributed by atoms with Gasteiger partial charge in [0.25, 0.3) is 0 Å². The van der Waals surface area contributed by atoms with Gasteiger partial charge in [0.2, 0.25) is 0 Å². The van der Waals surface area contributed by atoms with E-state index in [4.69, 9.17) is 10.7 Å². The van der Waals surface area contributed by atoms with E-state index >= 15 is 0 Å². The molecule has 0 saturated heterocycles. The van der Waals surface area contributed by atoms with Crippen LogP contribution in [-0.2, 0) is 6.42 Å². The smallest absolute Gasteiger partial charge is 0.125 e. The van der Waals surface area contributed by atoms with Crippen LogP contribution < -0.4 is 5.73 Å². The summed E-state index contributed by atoms with van der Waals surface area (Å²) < 4.78 is 0. The molecule has 1 heterocycles. The lowest BCUT2D eigenvalue weighted by Gasteiger charge is -2.01. The van der Waals surface area contributed by atoms with Gasteiger partial charge in [0.05, 0.1) is 5.69 Å². The number of hydrogen-bond donors (Lipinski definition) is 1. The molecule has 1 aromatic heterocycles. The summed E-state index contributed by atoms with van der Waals surface area (Å²) in [5.41, 5.74) is 11.7. The first-order valence-corrected chi connectivity index (χ1v) is 8.88. The van der Waals surface area contributed by atoms with E-state index in [1.165, 1.54) is 16.7 Å². The van der Waals surface area contributed by atoms with Gasteiger partial charge >= 0.3 is 0 Å². The third-order valence-electron chi connectivity index (χ3n) is 3.85. The lowest BCUT2D eigenvalue weighted by molar-refractivity contribution is 0.934. The standard InChI is InChI=1S/C20H21N3S.ClH/c1-14-3-7-16(8-4-14)19(21)22-12-11-18-13-24-20(23-18)17-9-5-15(2)6-10-17;/h3-10,13H,11-12H2,1-2H3,(H2,21,22);1H. The zero-order chi connectivity index (χ0) is 16.9. The van der Waals surface area contributed by atoms with Crippen molar-refractivity contribution in [3.8, 4) is 10.6 Å². The van der Waals surface area contributed by atoms with Crippen LogP contribution in [0.2, 0.25) is 0 Å². The fourth-order valence-electron chi connectivity index (χ4n) is 2.36. The molecule has 0 atom stereocenters. The van der Waals surface area contributed by atoms with E-state index in [0.717, 1.165) is 22.7 Å². The zero-order valence-corrected chi connectivity index (χ0v) is 16.0. The van der Waals surface area contributed by atoms with Crippen LogP contribution in [0, 0.1) is 13.8 Å². The second-order valence-corrected chi connectivity index (χ2v) is 6.75. The SMILES string of the molecule is Cc1ccc(C(N)=NCCc2csc(-c3ccc(C)cc3)n2)cc1.Cl. The lowest BCUT2D eigenvalue weighted by atomic mass is 10.1. The minimum absolute atomic E-state index is 0. The van der Waals surface area contributed by atoms with Gasteiger partial charge in [0.15, 0.2) is 0 Å². The van der Waals surface area contributed by atoms with E-state index in [1.807, 2.05) is 24.3 Å². The number of halogens is 1. The molecule has 0 bridgehead atoms. The summed E-state index contributed by atoms with van der Waals surface area (Å²) in [6, 6.07) is 16.6. The first-order valence-electron chi connectivity index (χ1n) is 8.00. The first kappa shape index (κ1) is 19.2. The Labute approximate surface area is 159 Å². The molecule has 3 nitrogen and oxygen atoms in total. The highest BCUT2D eigenvalue weighted by atomic mass is 35.5. The predicted octanol–water partition coefficient (Wildman–Crippen LogP) is 4.80. The fraction of sp³-hybridized carbons (Fsp3) is 0.200. The van der Waals surface area contributed by atoms with Gasteiger partial charge < -0.3 is 5.73 Å². The molecule has 5 heteroatoms. The summed E-state index contributed by atoms with van der Waals surface area (Å²) in [6.07, 6.45) is 0.801. The molecule has 0 fully saturated rings. The second kappa shape index (κ2) is 8.79. The number of rotatable bonds is 5. The number of amidine groups is 1. The van der Waals surface area contributed by atoms with Gasteiger partial charge in [-0.25, -0.2) is 4.98 Å². The number of hydrogen-bond acceptors (Lipinski definition) is 3. The average Bonchev–Trinajstić information content (AvgIpc) is 3.05. The molecule has 3 rings (SSSR count). The summed E-state index contributed by atoms with van der Waals surface area (Å²) in [5.74, 6) is 0.587. The minimum atomic E-state index is 0. The number of aryl methyl sites for hydroxylation is 2. The van der Waals surface area contributed by atoms with E-state index < -0.39 is 0 Å². The highest BCUT2D eigenvalue weighted by Crippen LogP contribution is 2.24. The van der Waals surface area contributed by atoms with Gasteiger partial charge in [-0.3, -0.25) is 4.99 Å². The van der Waals surface area contributed by atoms with Crippen molar-refractivity contribution in [3.05, 3.63) is 76.3 Å². The van der Waals surface area contributed by atoms with Crippen LogP contribution in [0.4, 0.5) is 0 Å². The Morgan fingerprint density at radius 3 is 2.24 bits per heavy atom. The van der Waals surface area contributed by atoms with Gasteiger partial charge in [0, 0.05) is 29.5 Å². The Bertz CT molecular complexity index is 836. The molecule has 0 aliphatic carbocycles. The highest BCUT2D eigenvalue weighted by Gasteiger charge is 2.05.